The Balaban J connectivity index is 1.39. The van der Waals surface area contributed by atoms with Crippen LogP contribution < -0.4 is 4.74 Å². The Kier molecular flexibility index (Phi) is 9.71. The second-order valence-electron chi connectivity index (χ2n) is 9.77. The molecule has 0 spiro atoms. The summed E-state index contributed by atoms with van der Waals surface area (Å²) in [5, 5.41) is 0. The Morgan fingerprint density at radius 2 is 1.64 bits per heavy atom. The van der Waals surface area contributed by atoms with Crippen molar-refractivity contribution in [3.05, 3.63) is 41.7 Å². The van der Waals surface area contributed by atoms with Gasteiger partial charge in [0.25, 0.3) is 0 Å². The van der Waals surface area contributed by atoms with E-state index in [1.165, 1.54) is 83.1 Å². The first-order chi connectivity index (χ1) is 15.8. The molecule has 182 valence electrons. The van der Waals surface area contributed by atoms with Crippen LogP contribution in [0.2, 0.25) is 0 Å². The fourth-order valence-corrected chi connectivity index (χ4v) is 5.54. The number of unbranched alkanes of at least 4 members (excludes halogenated alkanes) is 2. The first kappa shape index (κ1) is 25.7. The summed E-state index contributed by atoms with van der Waals surface area (Å²) in [6.07, 6.45) is 15.2. The van der Waals surface area contributed by atoms with E-state index in [0.717, 1.165) is 29.9 Å². The van der Waals surface area contributed by atoms with Gasteiger partial charge in [0, 0.05) is 5.56 Å². The van der Waals surface area contributed by atoms with E-state index in [4.69, 9.17) is 0 Å². The fraction of sp³-hybridized carbons (Fsp3) is 0.643. The third kappa shape index (κ3) is 8.72. The molecule has 0 bridgehead atoms. The van der Waals surface area contributed by atoms with Crippen LogP contribution in [-0.4, -0.2) is 6.36 Å². The molecule has 3 rings (SSSR count). The molecule has 2 aliphatic rings. The molecule has 0 heterocycles. The van der Waals surface area contributed by atoms with Crippen molar-refractivity contribution < 1.29 is 22.3 Å². The summed E-state index contributed by atoms with van der Waals surface area (Å²) < 4.78 is 54.0. The van der Waals surface area contributed by atoms with Crippen LogP contribution in [0.1, 0.15) is 89.5 Å². The third-order valence-electron chi connectivity index (χ3n) is 7.42. The van der Waals surface area contributed by atoms with Gasteiger partial charge in [-0.05, 0) is 86.5 Å². The minimum atomic E-state index is -4.91. The van der Waals surface area contributed by atoms with Crippen molar-refractivity contribution >= 4 is 0 Å². The van der Waals surface area contributed by atoms with Crippen molar-refractivity contribution in [3.63, 3.8) is 0 Å². The van der Waals surface area contributed by atoms with Crippen LogP contribution >= 0.6 is 0 Å². The van der Waals surface area contributed by atoms with Gasteiger partial charge < -0.3 is 4.74 Å². The average Bonchev–Trinajstić information content (AvgIpc) is 2.79. The topological polar surface area (TPSA) is 9.23 Å². The Morgan fingerprint density at radius 1 is 0.970 bits per heavy atom. The fourth-order valence-electron chi connectivity index (χ4n) is 5.54. The number of ether oxygens (including phenoxy) is 1. The number of benzene rings is 1. The molecule has 33 heavy (non-hydrogen) atoms. The van der Waals surface area contributed by atoms with Gasteiger partial charge in [0.2, 0.25) is 0 Å². The second kappa shape index (κ2) is 12.5. The van der Waals surface area contributed by atoms with E-state index < -0.39 is 17.9 Å². The quantitative estimate of drug-likeness (QED) is 0.222. The van der Waals surface area contributed by atoms with E-state index in [-0.39, 0.29) is 0 Å². The van der Waals surface area contributed by atoms with E-state index in [1.54, 1.807) is 6.08 Å². The highest BCUT2D eigenvalue weighted by molar-refractivity contribution is 5.41. The third-order valence-corrected chi connectivity index (χ3v) is 7.42. The zero-order valence-corrected chi connectivity index (χ0v) is 19.6. The van der Waals surface area contributed by atoms with Gasteiger partial charge in [0.1, 0.15) is 0 Å². The lowest BCUT2D eigenvalue weighted by atomic mass is 9.68. The van der Waals surface area contributed by atoms with Gasteiger partial charge in [0.05, 0.1) is 0 Å². The molecular weight excluding hydrogens is 428 g/mol. The van der Waals surface area contributed by atoms with Gasteiger partial charge in [-0.3, -0.25) is 0 Å². The van der Waals surface area contributed by atoms with Crippen LogP contribution in [0.3, 0.4) is 0 Å². The molecule has 2 aliphatic carbocycles. The van der Waals surface area contributed by atoms with Crippen molar-refractivity contribution in [2.75, 3.05) is 0 Å². The lowest BCUT2D eigenvalue weighted by Crippen LogP contribution is -2.25. The predicted octanol–water partition coefficient (Wildman–Crippen LogP) is 8.83. The van der Waals surface area contributed by atoms with Gasteiger partial charge in [0.15, 0.2) is 11.6 Å². The second-order valence-corrected chi connectivity index (χ2v) is 9.77. The van der Waals surface area contributed by atoms with Crippen LogP contribution in [0.4, 0.5) is 17.6 Å². The van der Waals surface area contributed by atoms with Crippen LogP contribution in [0.15, 0.2) is 30.4 Å². The number of hydrogen-bond donors (Lipinski definition) is 0. The number of alkyl halides is 3. The minimum absolute atomic E-state index is 0.320. The first-order valence-corrected chi connectivity index (χ1v) is 12.6. The molecule has 0 aromatic heterocycles. The van der Waals surface area contributed by atoms with Gasteiger partial charge >= 0.3 is 6.36 Å². The largest absolute Gasteiger partial charge is 0.573 e. The summed E-state index contributed by atoms with van der Waals surface area (Å²) in [6.45, 7) is 2.27. The van der Waals surface area contributed by atoms with Crippen molar-refractivity contribution in [1.29, 1.82) is 0 Å². The van der Waals surface area contributed by atoms with E-state index in [9.17, 15) is 17.6 Å². The van der Waals surface area contributed by atoms with Crippen LogP contribution in [-0.2, 0) is 0 Å². The Morgan fingerprint density at radius 3 is 2.24 bits per heavy atom. The van der Waals surface area contributed by atoms with Crippen molar-refractivity contribution in [2.24, 2.45) is 23.7 Å². The van der Waals surface area contributed by atoms with Gasteiger partial charge in [-0.1, -0.05) is 63.4 Å². The Bertz CT molecular complexity index is 817. The Labute approximate surface area is 196 Å². The summed E-state index contributed by atoms with van der Waals surface area (Å²) in [6, 6.07) is 3.25. The van der Waals surface area contributed by atoms with Crippen LogP contribution in [0.5, 0.6) is 5.75 Å². The van der Waals surface area contributed by atoms with Crippen molar-refractivity contribution in [2.45, 2.75) is 90.3 Å². The molecule has 0 atom stereocenters. The highest BCUT2D eigenvalue weighted by atomic mass is 19.4. The smallest absolute Gasteiger partial charge is 0.403 e. The molecule has 2 saturated carbocycles. The maximum Gasteiger partial charge on any atom is 0.573 e. The van der Waals surface area contributed by atoms with E-state index in [0.29, 0.717) is 11.5 Å². The van der Waals surface area contributed by atoms with Crippen LogP contribution in [0, 0.1) is 41.3 Å². The molecular formula is C28H36F4O. The van der Waals surface area contributed by atoms with Gasteiger partial charge in [-0.25, -0.2) is 4.39 Å². The summed E-state index contributed by atoms with van der Waals surface area (Å²) in [5.41, 5.74) is 0.320. The molecule has 0 unspecified atom stereocenters. The molecule has 1 aromatic carbocycles. The lowest BCUT2D eigenvalue weighted by Gasteiger charge is -2.37. The molecule has 5 heteroatoms. The monoisotopic (exact) mass is 464 g/mol. The molecule has 0 N–H and O–H groups in total. The number of hydrogen-bond acceptors (Lipinski definition) is 1. The molecule has 0 radical (unpaired) electrons. The SMILES string of the molecule is CCCCC[C@H]1CC[C@H]([C@H]2CC[C@H](C=CC#Cc3ccc(OC(F)(F)F)c(F)c3)CC2)CC1. The lowest BCUT2D eigenvalue weighted by molar-refractivity contribution is -0.275. The molecule has 0 amide bonds. The van der Waals surface area contributed by atoms with E-state index in [1.807, 2.05) is 0 Å². The zero-order valence-electron chi connectivity index (χ0n) is 19.6. The number of halogens is 4. The van der Waals surface area contributed by atoms with Crippen LogP contribution in [0.25, 0.3) is 0 Å². The normalized spacial score (nSPS) is 26.1. The van der Waals surface area contributed by atoms with E-state index in [2.05, 4.69) is 29.6 Å². The number of rotatable bonds is 7. The molecule has 2 fully saturated rings. The first-order valence-electron chi connectivity index (χ1n) is 12.6. The molecule has 0 aliphatic heterocycles. The number of allylic oxidation sites excluding steroid dienone is 2. The summed E-state index contributed by atoms with van der Waals surface area (Å²) >= 11 is 0. The summed E-state index contributed by atoms with van der Waals surface area (Å²) in [4.78, 5) is 0. The molecule has 1 aromatic rings. The maximum atomic E-state index is 13.8. The van der Waals surface area contributed by atoms with Gasteiger partial charge in [-0.15, -0.1) is 13.2 Å². The highest BCUT2D eigenvalue weighted by Crippen LogP contribution is 2.42. The predicted molar refractivity (Wildman–Crippen MR) is 124 cm³/mol. The molecule has 0 saturated heterocycles. The Hall–Kier alpha value is -1.96. The zero-order chi connectivity index (χ0) is 23.7. The summed E-state index contributed by atoms with van der Waals surface area (Å²) in [7, 11) is 0. The highest BCUT2D eigenvalue weighted by Gasteiger charge is 2.32. The van der Waals surface area contributed by atoms with E-state index >= 15 is 0 Å². The summed E-state index contributed by atoms with van der Waals surface area (Å²) in [5.74, 6) is 7.03. The standard InChI is InChI=1S/C28H36F4O/c1-2-3-4-7-21-10-15-24(16-11-21)25-17-12-22(13-18-25)8-5-6-9-23-14-19-27(26(29)20-23)33-28(30,31)32/h5,8,14,19-22,24-25H,2-4,7,10-13,15-18H2,1H3/t21-,22-,24-,25-. The average molecular weight is 465 g/mol. The van der Waals surface area contributed by atoms with Crippen molar-refractivity contribution in [3.8, 4) is 17.6 Å². The molecule has 1 nitrogen and oxygen atoms in total. The maximum absolute atomic E-state index is 13.8. The van der Waals surface area contributed by atoms with Crippen molar-refractivity contribution in [1.82, 2.24) is 0 Å². The van der Waals surface area contributed by atoms with Gasteiger partial charge in [-0.2, -0.15) is 0 Å². The minimum Gasteiger partial charge on any atom is -0.403 e.